The third-order valence-electron chi connectivity index (χ3n) is 3.76. The maximum Gasteiger partial charge on any atom is 0.304 e. The van der Waals surface area contributed by atoms with E-state index in [-0.39, 0.29) is 12.5 Å². The highest BCUT2D eigenvalue weighted by Gasteiger charge is 2.27. The predicted molar refractivity (Wildman–Crippen MR) is 60.8 cm³/mol. The average molecular weight is 213 g/mol. The van der Waals surface area contributed by atoms with E-state index in [1.54, 1.807) is 0 Å². The van der Waals surface area contributed by atoms with Crippen LogP contribution in [0.4, 0.5) is 0 Å². The molecule has 0 aliphatic carbocycles. The average Bonchev–Trinajstić information content (AvgIpc) is 2.18. The highest BCUT2D eigenvalue weighted by Crippen LogP contribution is 2.25. The topological polar surface area (TPSA) is 40.5 Å². The van der Waals surface area contributed by atoms with Crippen LogP contribution in [0, 0.1) is 11.8 Å². The monoisotopic (exact) mass is 213 g/mol. The Hall–Kier alpha value is -0.570. The molecule has 0 radical (unpaired) electrons. The Bertz CT molecular complexity index is 218. The zero-order valence-electron chi connectivity index (χ0n) is 10.1. The Morgan fingerprint density at radius 2 is 2.13 bits per heavy atom. The van der Waals surface area contributed by atoms with Gasteiger partial charge in [0.2, 0.25) is 0 Å². The summed E-state index contributed by atoms with van der Waals surface area (Å²) in [6.07, 6.45) is 2.43. The lowest BCUT2D eigenvalue weighted by Gasteiger charge is -2.39. The van der Waals surface area contributed by atoms with E-state index in [2.05, 4.69) is 25.7 Å². The lowest BCUT2D eigenvalue weighted by Crippen LogP contribution is -2.45. The Balaban J connectivity index is 2.50. The number of nitrogens with zero attached hydrogens (tertiary/aromatic N) is 1. The quantitative estimate of drug-likeness (QED) is 0.778. The number of hydrogen-bond donors (Lipinski definition) is 1. The van der Waals surface area contributed by atoms with Crippen molar-refractivity contribution in [1.29, 1.82) is 0 Å². The number of carboxylic acid groups (broad SMARTS) is 1. The van der Waals surface area contributed by atoms with Crippen LogP contribution in [0.5, 0.6) is 0 Å². The lowest BCUT2D eigenvalue weighted by molar-refractivity contribution is -0.138. The molecule has 0 bridgehead atoms. The summed E-state index contributed by atoms with van der Waals surface area (Å²) in [7, 11) is 0. The van der Waals surface area contributed by atoms with E-state index < -0.39 is 5.97 Å². The highest BCUT2D eigenvalue weighted by atomic mass is 16.4. The fourth-order valence-corrected chi connectivity index (χ4v) is 2.36. The lowest BCUT2D eigenvalue weighted by atomic mass is 9.87. The molecule has 1 aliphatic rings. The van der Waals surface area contributed by atoms with Crippen molar-refractivity contribution in [3.63, 3.8) is 0 Å². The molecule has 0 aromatic carbocycles. The summed E-state index contributed by atoms with van der Waals surface area (Å²) in [5.41, 5.74) is 0. The van der Waals surface area contributed by atoms with Crippen molar-refractivity contribution < 1.29 is 9.90 Å². The molecule has 1 N–H and O–H groups in total. The van der Waals surface area contributed by atoms with E-state index in [1.807, 2.05) is 0 Å². The van der Waals surface area contributed by atoms with Crippen LogP contribution in [0.1, 0.15) is 40.0 Å². The van der Waals surface area contributed by atoms with Crippen LogP contribution in [0.3, 0.4) is 0 Å². The van der Waals surface area contributed by atoms with Crippen LogP contribution in [0.15, 0.2) is 0 Å². The number of rotatable bonds is 4. The van der Waals surface area contributed by atoms with Gasteiger partial charge in [0.25, 0.3) is 0 Å². The summed E-state index contributed by atoms with van der Waals surface area (Å²) in [4.78, 5) is 13.1. The largest absolute Gasteiger partial charge is 0.481 e. The Labute approximate surface area is 92.5 Å². The van der Waals surface area contributed by atoms with Crippen LogP contribution >= 0.6 is 0 Å². The maximum atomic E-state index is 10.7. The summed E-state index contributed by atoms with van der Waals surface area (Å²) >= 11 is 0. The number of carboxylic acids is 1. The van der Waals surface area contributed by atoms with Gasteiger partial charge in [-0.1, -0.05) is 20.8 Å². The van der Waals surface area contributed by atoms with Gasteiger partial charge in [-0.3, -0.25) is 9.69 Å². The molecule has 1 fully saturated rings. The van der Waals surface area contributed by atoms with Gasteiger partial charge in [0.05, 0.1) is 6.42 Å². The van der Waals surface area contributed by atoms with E-state index in [9.17, 15) is 4.79 Å². The molecule has 88 valence electrons. The molecule has 0 aromatic rings. The first kappa shape index (κ1) is 12.5. The second-order valence-electron chi connectivity index (χ2n) is 4.90. The molecule has 3 nitrogen and oxygen atoms in total. The van der Waals surface area contributed by atoms with Gasteiger partial charge in [-0.25, -0.2) is 0 Å². The molecule has 1 heterocycles. The van der Waals surface area contributed by atoms with E-state index in [0.717, 1.165) is 25.4 Å². The number of piperidine rings is 1. The van der Waals surface area contributed by atoms with Crippen LogP contribution in [-0.4, -0.2) is 35.1 Å². The highest BCUT2D eigenvalue weighted by molar-refractivity contribution is 5.67. The second kappa shape index (κ2) is 5.50. The molecule has 0 aromatic heterocycles. The first-order valence-corrected chi connectivity index (χ1v) is 6.00. The molecular formula is C12H23NO2. The van der Waals surface area contributed by atoms with E-state index >= 15 is 0 Å². The van der Waals surface area contributed by atoms with Crippen molar-refractivity contribution >= 4 is 5.97 Å². The number of likely N-dealkylation sites (tertiary alicyclic amines) is 1. The third-order valence-corrected chi connectivity index (χ3v) is 3.76. The van der Waals surface area contributed by atoms with Crippen molar-refractivity contribution in [3.05, 3.63) is 0 Å². The minimum absolute atomic E-state index is 0.234. The van der Waals surface area contributed by atoms with Crippen molar-refractivity contribution in [3.8, 4) is 0 Å². The van der Waals surface area contributed by atoms with Gasteiger partial charge < -0.3 is 5.11 Å². The molecule has 3 unspecified atom stereocenters. The van der Waals surface area contributed by atoms with E-state index in [4.69, 9.17) is 5.11 Å². The fourth-order valence-electron chi connectivity index (χ4n) is 2.36. The number of carbonyl (C=O) groups is 1. The Morgan fingerprint density at radius 1 is 1.47 bits per heavy atom. The van der Waals surface area contributed by atoms with Crippen molar-refractivity contribution in [2.75, 3.05) is 13.1 Å². The fraction of sp³-hybridized carbons (Fsp3) is 0.917. The summed E-state index contributed by atoms with van der Waals surface area (Å²) in [6, 6.07) is 0.234. The molecule has 0 saturated carbocycles. The first-order chi connectivity index (χ1) is 7.04. The summed E-state index contributed by atoms with van der Waals surface area (Å²) in [5.74, 6) is 0.804. The molecule has 0 amide bonds. The Morgan fingerprint density at radius 3 is 2.60 bits per heavy atom. The molecule has 3 atom stereocenters. The van der Waals surface area contributed by atoms with Gasteiger partial charge in [-0.05, 0) is 31.2 Å². The van der Waals surface area contributed by atoms with Crippen LogP contribution in [0.25, 0.3) is 0 Å². The first-order valence-electron chi connectivity index (χ1n) is 6.00. The molecule has 1 rings (SSSR count). The molecule has 15 heavy (non-hydrogen) atoms. The zero-order chi connectivity index (χ0) is 11.4. The summed E-state index contributed by atoms with van der Waals surface area (Å²) in [6.45, 7) is 8.77. The predicted octanol–water partition coefficient (Wildman–Crippen LogP) is 2.22. The number of hydrogen-bond acceptors (Lipinski definition) is 2. The molecule has 1 aliphatic heterocycles. The maximum absolute atomic E-state index is 10.7. The van der Waals surface area contributed by atoms with E-state index in [0.29, 0.717) is 5.92 Å². The summed E-state index contributed by atoms with van der Waals surface area (Å²) < 4.78 is 0. The van der Waals surface area contributed by atoms with Crippen molar-refractivity contribution in [1.82, 2.24) is 4.90 Å². The van der Waals surface area contributed by atoms with Gasteiger partial charge in [0.15, 0.2) is 0 Å². The Kier molecular flexibility index (Phi) is 4.58. The van der Waals surface area contributed by atoms with Gasteiger partial charge in [0, 0.05) is 12.6 Å². The number of aliphatic carboxylic acids is 1. The zero-order valence-corrected chi connectivity index (χ0v) is 10.1. The SMILES string of the molecule is CCC(CC(=O)O)N1CCC(C)C(C)C1. The summed E-state index contributed by atoms with van der Waals surface area (Å²) in [5, 5.41) is 8.84. The van der Waals surface area contributed by atoms with E-state index in [1.165, 1.54) is 6.42 Å². The standard InChI is InChI=1S/C12H23NO2/c1-4-11(7-12(14)15)13-6-5-9(2)10(3)8-13/h9-11H,4-8H2,1-3H3,(H,14,15). The normalized spacial score (nSPS) is 30.1. The van der Waals surface area contributed by atoms with Gasteiger partial charge in [-0.15, -0.1) is 0 Å². The third kappa shape index (κ3) is 3.49. The second-order valence-corrected chi connectivity index (χ2v) is 4.90. The van der Waals surface area contributed by atoms with Gasteiger partial charge in [0.1, 0.15) is 0 Å². The molecule has 3 heteroatoms. The minimum Gasteiger partial charge on any atom is -0.481 e. The van der Waals surface area contributed by atoms with Crippen LogP contribution in [-0.2, 0) is 4.79 Å². The van der Waals surface area contributed by atoms with Crippen molar-refractivity contribution in [2.45, 2.75) is 46.1 Å². The smallest absolute Gasteiger partial charge is 0.304 e. The van der Waals surface area contributed by atoms with Crippen LogP contribution < -0.4 is 0 Å². The van der Waals surface area contributed by atoms with Crippen LogP contribution in [0.2, 0.25) is 0 Å². The van der Waals surface area contributed by atoms with Gasteiger partial charge >= 0.3 is 5.97 Å². The van der Waals surface area contributed by atoms with Gasteiger partial charge in [-0.2, -0.15) is 0 Å². The molecule has 1 saturated heterocycles. The molecule has 0 spiro atoms. The van der Waals surface area contributed by atoms with Crippen molar-refractivity contribution in [2.24, 2.45) is 11.8 Å². The minimum atomic E-state index is -0.673. The molecular weight excluding hydrogens is 190 g/mol.